The third kappa shape index (κ3) is 2.84. The SMILES string of the molecule is CCn1c(C(=O)NCC(C)C)cc2cccc(Br)c21. The largest absolute Gasteiger partial charge is 0.351 e. The fourth-order valence-corrected chi connectivity index (χ4v) is 2.78. The molecule has 2 rings (SSSR count). The van der Waals surface area contributed by atoms with Crippen molar-refractivity contribution in [1.82, 2.24) is 9.88 Å². The molecule has 0 saturated carbocycles. The number of hydrogen-bond donors (Lipinski definition) is 1. The smallest absolute Gasteiger partial charge is 0.267 e. The third-order valence-electron chi connectivity index (χ3n) is 3.09. The van der Waals surface area contributed by atoms with E-state index in [4.69, 9.17) is 0 Å². The topological polar surface area (TPSA) is 34.0 Å². The predicted molar refractivity (Wildman–Crippen MR) is 82.5 cm³/mol. The first kappa shape index (κ1) is 14.1. The maximum Gasteiger partial charge on any atom is 0.267 e. The molecule has 3 nitrogen and oxygen atoms in total. The first-order valence-electron chi connectivity index (χ1n) is 6.60. The van der Waals surface area contributed by atoms with Gasteiger partial charge in [-0.05, 0) is 40.9 Å². The fraction of sp³-hybridized carbons (Fsp3) is 0.400. The van der Waals surface area contributed by atoms with Gasteiger partial charge in [0.2, 0.25) is 0 Å². The zero-order valence-corrected chi connectivity index (χ0v) is 13.1. The van der Waals surface area contributed by atoms with Crippen molar-refractivity contribution in [1.29, 1.82) is 0 Å². The molecule has 0 saturated heterocycles. The lowest BCUT2D eigenvalue weighted by Gasteiger charge is -2.10. The number of amides is 1. The van der Waals surface area contributed by atoms with E-state index in [0.717, 1.165) is 27.6 Å². The van der Waals surface area contributed by atoms with Gasteiger partial charge in [0.25, 0.3) is 5.91 Å². The average molecular weight is 323 g/mol. The van der Waals surface area contributed by atoms with Gasteiger partial charge in [0.05, 0.1) is 5.52 Å². The highest BCUT2D eigenvalue weighted by molar-refractivity contribution is 9.10. The van der Waals surface area contributed by atoms with Crippen LogP contribution in [-0.2, 0) is 6.54 Å². The maximum absolute atomic E-state index is 12.3. The normalized spacial score (nSPS) is 11.2. The van der Waals surface area contributed by atoms with Gasteiger partial charge in [0.15, 0.2) is 0 Å². The Bertz CT molecular complexity index is 601. The number of halogens is 1. The van der Waals surface area contributed by atoms with Gasteiger partial charge < -0.3 is 9.88 Å². The summed E-state index contributed by atoms with van der Waals surface area (Å²) in [7, 11) is 0. The van der Waals surface area contributed by atoms with E-state index >= 15 is 0 Å². The van der Waals surface area contributed by atoms with Crippen LogP contribution in [0, 0.1) is 5.92 Å². The zero-order chi connectivity index (χ0) is 14.0. The number of rotatable bonds is 4. The van der Waals surface area contributed by atoms with Gasteiger partial charge in [-0.2, -0.15) is 0 Å². The monoisotopic (exact) mass is 322 g/mol. The van der Waals surface area contributed by atoms with E-state index in [-0.39, 0.29) is 5.91 Å². The standard InChI is InChI=1S/C15H19BrN2O/c1-4-18-13(15(19)17-9-10(2)3)8-11-6-5-7-12(16)14(11)18/h5-8,10H,4,9H2,1-3H3,(H,17,19). The van der Waals surface area contributed by atoms with Crippen molar-refractivity contribution < 1.29 is 4.79 Å². The van der Waals surface area contributed by atoms with Crippen LogP contribution in [-0.4, -0.2) is 17.0 Å². The van der Waals surface area contributed by atoms with E-state index < -0.39 is 0 Å². The summed E-state index contributed by atoms with van der Waals surface area (Å²) in [6.45, 7) is 7.71. The zero-order valence-electron chi connectivity index (χ0n) is 11.5. The summed E-state index contributed by atoms with van der Waals surface area (Å²) < 4.78 is 3.07. The molecule has 0 aliphatic rings. The Morgan fingerprint density at radius 2 is 2.16 bits per heavy atom. The van der Waals surface area contributed by atoms with Crippen molar-refractivity contribution in [3.63, 3.8) is 0 Å². The van der Waals surface area contributed by atoms with Crippen LogP contribution < -0.4 is 5.32 Å². The van der Waals surface area contributed by atoms with Crippen LogP contribution in [0.3, 0.4) is 0 Å². The molecule has 1 heterocycles. The molecule has 0 radical (unpaired) electrons. The Labute approximate surface area is 122 Å². The molecule has 2 aromatic rings. The summed E-state index contributed by atoms with van der Waals surface area (Å²) in [5.74, 6) is 0.453. The Balaban J connectivity index is 2.43. The quantitative estimate of drug-likeness (QED) is 0.912. The van der Waals surface area contributed by atoms with Crippen LogP contribution in [0.2, 0.25) is 0 Å². The number of carbonyl (C=O) groups is 1. The molecule has 1 N–H and O–H groups in total. The van der Waals surface area contributed by atoms with Crippen LogP contribution in [0.4, 0.5) is 0 Å². The van der Waals surface area contributed by atoms with Gasteiger partial charge in [-0.1, -0.05) is 26.0 Å². The molecule has 0 unspecified atom stereocenters. The average Bonchev–Trinajstić information content (AvgIpc) is 2.75. The van der Waals surface area contributed by atoms with Crippen molar-refractivity contribution >= 4 is 32.7 Å². The molecular weight excluding hydrogens is 304 g/mol. The van der Waals surface area contributed by atoms with E-state index in [9.17, 15) is 4.79 Å². The second kappa shape index (κ2) is 5.78. The Morgan fingerprint density at radius 1 is 1.42 bits per heavy atom. The number of para-hydroxylation sites is 1. The Hall–Kier alpha value is -1.29. The van der Waals surface area contributed by atoms with Crippen LogP contribution >= 0.6 is 15.9 Å². The van der Waals surface area contributed by atoms with Crippen molar-refractivity contribution in [3.05, 3.63) is 34.4 Å². The summed E-state index contributed by atoms with van der Waals surface area (Å²) >= 11 is 3.56. The molecule has 0 fully saturated rings. The molecule has 1 aromatic carbocycles. The number of benzene rings is 1. The van der Waals surface area contributed by atoms with Gasteiger partial charge in [-0.15, -0.1) is 0 Å². The lowest BCUT2D eigenvalue weighted by molar-refractivity contribution is 0.0940. The summed E-state index contributed by atoms with van der Waals surface area (Å²) in [4.78, 5) is 12.3. The number of fused-ring (bicyclic) bond motifs is 1. The molecular formula is C15H19BrN2O. The summed E-state index contributed by atoms with van der Waals surface area (Å²) in [6, 6.07) is 7.98. The van der Waals surface area contributed by atoms with Crippen LogP contribution in [0.15, 0.2) is 28.7 Å². The first-order chi connectivity index (χ1) is 9.04. The lowest BCUT2D eigenvalue weighted by atomic mass is 10.2. The van der Waals surface area contributed by atoms with Crippen LogP contribution in [0.25, 0.3) is 10.9 Å². The fourth-order valence-electron chi connectivity index (χ4n) is 2.18. The third-order valence-corrected chi connectivity index (χ3v) is 3.73. The molecule has 0 bridgehead atoms. The highest BCUT2D eigenvalue weighted by Gasteiger charge is 2.16. The molecule has 0 aliphatic heterocycles. The summed E-state index contributed by atoms with van der Waals surface area (Å²) in [6.07, 6.45) is 0. The summed E-state index contributed by atoms with van der Waals surface area (Å²) in [5.41, 5.74) is 1.81. The number of carbonyl (C=O) groups excluding carboxylic acids is 1. The molecule has 0 atom stereocenters. The summed E-state index contributed by atoms with van der Waals surface area (Å²) in [5, 5.41) is 4.07. The maximum atomic E-state index is 12.3. The van der Waals surface area contributed by atoms with Crippen LogP contribution in [0.1, 0.15) is 31.3 Å². The van der Waals surface area contributed by atoms with Gasteiger partial charge in [-0.3, -0.25) is 4.79 Å². The highest BCUT2D eigenvalue weighted by Crippen LogP contribution is 2.27. The highest BCUT2D eigenvalue weighted by atomic mass is 79.9. The lowest BCUT2D eigenvalue weighted by Crippen LogP contribution is -2.29. The minimum absolute atomic E-state index is 0.00125. The van der Waals surface area contributed by atoms with Gasteiger partial charge >= 0.3 is 0 Å². The van der Waals surface area contributed by atoms with Crippen molar-refractivity contribution in [3.8, 4) is 0 Å². The molecule has 0 spiro atoms. The number of nitrogens with zero attached hydrogens (tertiary/aromatic N) is 1. The van der Waals surface area contributed by atoms with Crippen LogP contribution in [0.5, 0.6) is 0 Å². The molecule has 1 amide bonds. The first-order valence-corrected chi connectivity index (χ1v) is 7.39. The van der Waals surface area contributed by atoms with Crippen molar-refractivity contribution in [2.75, 3.05) is 6.54 Å². The molecule has 4 heteroatoms. The molecule has 1 aromatic heterocycles. The van der Waals surface area contributed by atoms with E-state index in [2.05, 4.69) is 46.6 Å². The predicted octanol–water partition coefficient (Wildman–Crippen LogP) is 3.81. The van der Waals surface area contributed by atoms with Gasteiger partial charge in [0, 0.05) is 22.9 Å². The second-order valence-corrected chi connectivity index (χ2v) is 5.91. The van der Waals surface area contributed by atoms with Gasteiger partial charge in [-0.25, -0.2) is 0 Å². The van der Waals surface area contributed by atoms with E-state index in [1.54, 1.807) is 0 Å². The molecule has 102 valence electrons. The second-order valence-electron chi connectivity index (χ2n) is 5.06. The number of aromatic nitrogens is 1. The Morgan fingerprint density at radius 3 is 2.79 bits per heavy atom. The van der Waals surface area contributed by atoms with E-state index in [0.29, 0.717) is 12.5 Å². The van der Waals surface area contributed by atoms with Gasteiger partial charge in [0.1, 0.15) is 5.69 Å². The molecule has 0 aliphatic carbocycles. The number of nitrogens with one attached hydrogen (secondary N) is 1. The number of hydrogen-bond acceptors (Lipinski definition) is 1. The van der Waals surface area contributed by atoms with Crippen molar-refractivity contribution in [2.45, 2.75) is 27.3 Å². The number of aryl methyl sites for hydroxylation is 1. The minimum Gasteiger partial charge on any atom is -0.351 e. The van der Waals surface area contributed by atoms with E-state index in [1.807, 2.05) is 24.3 Å². The minimum atomic E-state index is -0.00125. The molecule has 19 heavy (non-hydrogen) atoms. The van der Waals surface area contributed by atoms with Crippen molar-refractivity contribution in [2.24, 2.45) is 5.92 Å². The Kier molecular flexibility index (Phi) is 4.30. The van der Waals surface area contributed by atoms with E-state index in [1.165, 1.54) is 0 Å².